The molecule has 1 unspecified atom stereocenters. The van der Waals surface area contributed by atoms with E-state index in [9.17, 15) is 13.6 Å². The topological polar surface area (TPSA) is 41.6 Å². The molecule has 1 aromatic rings. The molecule has 2 fully saturated rings. The number of halogens is 2. The maximum absolute atomic E-state index is 13.6. The van der Waals surface area contributed by atoms with Gasteiger partial charge in [0, 0.05) is 38.5 Å². The van der Waals surface area contributed by atoms with Crippen molar-refractivity contribution < 1.29 is 18.3 Å². The molecule has 1 N–H and O–H groups in total. The van der Waals surface area contributed by atoms with Gasteiger partial charge in [-0.2, -0.15) is 0 Å². The number of piperidine rings is 2. The van der Waals surface area contributed by atoms with Crippen molar-refractivity contribution >= 4 is 5.91 Å². The molecule has 0 aromatic heterocycles. The van der Waals surface area contributed by atoms with Crippen molar-refractivity contribution in [1.82, 2.24) is 10.2 Å². The lowest BCUT2D eigenvalue weighted by Gasteiger charge is -2.35. The van der Waals surface area contributed by atoms with Gasteiger partial charge in [0.25, 0.3) is 0 Å². The largest absolute Gasteiger partial charge is 0.487 e. The van der Waals surface area contributed by atoms with Crippen LogP contribution in [0.2, 0.25) is 0 Å². The van der Waals surface area contributed by atoms with Crippen LogP contribution in [0.1, 0.15) is 25.7 Å². The van der Waals surface area contributed by atoms with Crippen LogP contribution in [-0.2, 0) is 4.79 Å². The Morgan fingerprint density at radius 1 is 1.22 bits per heavy atom. The number of nitrogens with one attached hydrogen (secondary N) is 1. The van der Waals surface area contributed by atoms with Gasteiger partial charge < -0.3 is 15.0 Å². The summed E-state index contributed by atoms with van der Waals surface area (Å²) in [6, 6.07) is 3.33. The van der Waals surface area contributed by atoms with E-state index in [1.165, 1.54) is 12.1 Å². The molecule has 2 saturated heterocycles. The number of hydrogen-bond donors (Lipinski definition) is 1. The van der Waals surface area contributed by atoms with Crippen molar-refractivity contribution in [3.05, 3.63) is 29.8 Å². The summed E-state index contributed by atoms with van der Waals surface area (Å²) in [5.41, 5.74) is 0. The zero-order chi connectivity index (χ0) is 16.2. The average molecular weight is 324 g/mol. The Labute approximate surface area is 134 Å². The molecule has 0 bridgehead atoms. The molecule has 1 atom stereocenters. The summed E-state index contributed by atoms with van der Waals surface area (Å²) in [6.45, 7) is 3.00. The molecule has 2 aliphatic rings. The van der Waals surface area contributed by atoms with Gasteiger partial charge in [-0.3, -0.25) is 4.79 Å². The Balaban J connectivity index is 1.51. The summed E-state index contributed by atoms with van der Waals surface area (Å²) in [5.74, 6) is -0.930. The highest BCUT2D eigenvalue weighted by Crippen LogP contribution is 2.24. The van der Waals surface area contributed by atoms with Crippen molar-refractivity contribution in [3.63, 3.8) is 0 Å². The van der Waals surface area contributed by atoms with Gasteiger partial charge in [-0.25, -0.2) is 8.78 Å². The number of hydrogen-bond acceptors (Lipinski definition) is 3. The van der Waals surface area contributed by atoms with Crippen molar-refractivity contribution in [1.29, 1.82) is 0 Å². The van der Waals surface area contributed by atoms with Gasteiger partial charge in [-0.15, -0.1) is 0 Å². The summed E-state index contributed by atoms with van der Waals surface area (Å²) in [7, 11) is 0. The smallest absolute Gasteiger partial charge is 0.226 e. The number of carbonyl (C=O) groups excluding carboxylic acids is 1. The molecular formula is C17H22F2N2O2. The van der Waals surface area contributed by atoms with E-state index in [-0.39, 0.29) is 23.7 Å². The monoisotopic (exact) mass is 324 g/mol. The van der Waals surface area contributed by atoms with E-state index in [2.05, 4.69) is 5.32 Å². The van der Waals surface area contributed by atoms with Crippen molar-refractivity contribution in [2.24, 2.45) is 5.92 Å². The summed E-state index contributed by atoms with van der Waals surface area (Å²) >= 11 is 0. The predicted molar refractivity (Wildman–Crippen MR) is 82.2 cm³/mol. The minimum absolute atomic E-state index is 0.0765. The summed E-state index contributed by atoms with van der Waals surface area (Å²) in [4.78, 5) is 14.3. The standard InChI is InChI=1S/C17H22F2N2O2/c18-13-3-4-16(15(19)10-13)23-14-5-8-21(9-6-14)17(22)12-2-1-7-20-11-12/h3-4,10,12,14,20H,1-2,5-9,11H2. The third kappa shape index (κ3) is 3.99. The molecule has 0 aliphatic carbocycles. The van der Waals surface area contributed by atoms with Crippen molar-refractivity contribution in [2.45, 2.75) is 31.8 Å². The second-order valence-electron chi connectivity index (χ2n) is 6.26. The van der Waals surface area contributed by atoms with Crippen LogP contribution in [0.4, 0.5) is 8.78 Å². The molecule has 126 valence electrons. The first-order chi connectivity index (χ1) is 11.1. The highest BCUT2D eigenvalue weighted by Gasteiger charge is 2.29. The van der Waals surface area contributed by atoms with Crippen LogP contribution in [0.5, 0.6) is 5.75 Å². The molecule has 0 saturated carbocycles. The highest BCUT2D eigenvalue weighted by atomic mass is 19.1. The Bertz CT molecular complexity index is 554. The Morgan fingerprint density at radius 3 is 2.65 bits per heavy atom. The second kappa shape index (κ2) is 7.25. The quantitative estimate of drug-likeness (QED) is 0.928. The molecular weight excluding hydrogens is 302 g/mol. The van der Waals surface area contributed by atoms with Crippen LogP contribution in [0.25, 0.3) is 0 Å². The van der Waals surface area contributed by atoms with Gasteiger partial charge in [0.05, 0.1) is 5.92 Å². The average Bonchev–Trinajstić information content (AvgIpc) is 2.58. The Hall–Kier alpha value is -1.69. The highest BCUT2D eigenvalue weighted by molar-refractivity contribution is 5.79. The number of ether oxygens (including phenoxy) is 1. The number of amides is 1. The van der Waals surface area contributed by atoms with E-state index in [4.69, 9.17) is 4.74 Å². The molecule has 6 heteroatoms. The molecule has 0 radical (unpaired) electrons. The first-order valence-corrected chi connectivity index (χ1v) is 8.24. The fourth-order valence-corrected chi connectivity index (χ4v) is 3.27. The summed E-state index contributed by atoms with van der Waals surface area (Å²) < 4.78 is 32.1. The van der Waals surface area contributed by atoms with Gasteiger partial charge in [0.1, 0.15) is 11.9 Å². The predicted octanol–water partition coefficient (Wildman–Crippen LogP) is 2.33. The fraction of sp³-hybridized carbons (Fsp3) is 0.588. The van der Waals surface area contributed by atoms with Crippen LogP contribution in [-0.4, -0.2) is 43.1 Å². The number of carbonyl (C=O) groups is 1. The zero-order valence-electron chi connectivity index (χ0n) is 13.1. The van der Waals surface area contributed by atoms with Crippen LogP contribution >= 0.6 is 0 Å². The molecule has 2 aliphatic heterocycles. The molecule has 23 heavy (non-hydrogen) atoms. The molecule has 3 rings (SSSR count). The number of likely N-dealkylation sites (tertiary alicyclic amines) is 1. The third-order valence-corrected chi connectivity index (χ3v) is 4.59. The van der Waals surface area contributed by atoms with E-state index in [1.807, 2.05) is 4.90 Å². The van der Waals surface area contributed by atoms with Gasteiger partial charge in [0.15, 0.2) is 11.6 Å². The van der Waals surface area contributed by atoms with E-state index < -0.39 is 11.6 Å². The molecule has 1 aromatic carbocycles. The van der Waals surface area contributed by atoms with Crippen LogP contribution in [0, 0.1) is 17.6 Å². The second-order valence-corrected chi connectivity index (χ2v) is 6.26. The minimum Gasteiger partial charge on any atom is -0.487 e. The Kier molecular flexibility index (Phi) is 5.10. The fourth-order valence-electron chi connectivity index (χ4n) is 3.27. The third-order valence-electron chi connectivity index (χ3n) is 4.59. The van der Waals surface area contributed by atoms with E-state index in [1.54, 1.807) is 0 Å². The maximum atomic E-state index is 13.6. The van der Waals surface area contributed by atoms with Gasteiger partial charge in [0.2, 0.25) is 5.91 Å². The zero-order valence-corrected chi connectivity index (χ0v) is 13.1. The maximum Gasteiger partial charge on any atom is 0.226 e. The van der Waals surface area contributed by atoms with Crippen molar-refractivity contribution in [2.75, 3.05) is 26.2 Å². The normalized spacial score (nSPS) is 22.9. The summed E-state index contributed by atoms with van der Waals surface area (Å²) in [5, 5.41) is 3.26. The van der Waals surface area contributed by atoms with Gasteiger partial charge >= 0.3 is 0 Å². The van der Waals surface area contributed by atoms with Gasteiger partial charge in [-0.05, 0) is 31.5 Å². The lowest BCUT2D eigenvalue weighted by molar-refractivity contribution is -0.137. The van der Waals surface area contributed by atoms with E-state index >= 15 is 0 Å². The first kappa shape index (κ1) is 16.2. The number of nitrogens with zero attached hydrogens (tertiary/aromatic N) is 1. The van der Waals surface area contributed by atoms with E-state index in [0.29, 0.717) is 25.9 Å². The van der Waals surface area contributed by atoms with Crippen molar-refractivity contribution in [3.8, 4) is 5.75 Å². The van der Waals surface area contributed by atoms with Gasteiger partial charge in [-0.1, -0.05) is 0 Å². The minimum atomic E-state index is -0.684. The van der Waals surface area contributed by atoms with E-state index in [0.717, 1.165) is 32.0 Å². The molecule has 1 amide bonds. The SMILES string of the molecule is O=C(C1CCCNC1)N1CCC(Oc2ccc(F)cc2F)CC1. The van der Waals surface area contributed by atoms with Crippen LogP contribution in [0.15, 0.2) is 18.2 Å². The lowest BCUT2D eigenvalue weighted by Crippen LogP contribution is -2.47. The summed E-state index contributed by atoms with van der Waals surface area (Å²) in [6.07, 6.45) is 3.19. The molecule has 0 spiro atoms. The van der Waals surface area contributed by atoms with Crippen LogP contribution in [0.3, 0.4) is 0 Å². The Morgan fingerprint density at radius 2 is 2.00 bits per heavy atom. The number of rotatable bonds is 3. The van der Waals surface area contributed by atoms with Crippen LogP contribution < -0.4 is 10.1 Å². The molecule has 4 nitrogen and oxygen atoms in total. The lowest BCUT2D eigenvalue weighted by atomic mass is 9.96. The number of benzene rings is 1. The molecule has 2 heterocycles. The first-order valence-electron chi connectivity index (χ1n) is 8.24.